The van der Waals surface area contributed by atoms with Crippen LogP contribution in [0.3, 0.4) is 0 Å². The fourth-order valence-electron chi connectivity index (χ4n) is 2.60. The number of nitrogens with one attached hydrogen (secondary N) is 1. The van der Waals surface area contributed by atoms with E-state index < -0.39 is 0 Å². The molecule has 0 saturated heterocycles. The van der Waals surface area contributed by atoms with E-state index in [-0.39, 0.29) is 11.9 Å². The number of pyridine rings is 1. The highest BCUT2D eigenvalue weighted by Crippen LogP contribution is 2.26. The molecule has 0 aliphatic heterocycles. The second kappa shape index (κ2) is 8.03. The SMILES string of the molecule is Cc1nc(-c2ccccn2)sc1C(=O)N[C@@H](C)CCc1ccccc1. The Morgan fingerprint density at radius 1 is 1.16 bits per heavy atom. The van der Waals surface area contributed by atoms with E-state index in [1.165, 1.54) is 16.9 Å². The summed E-state index contributed by atoms with van der Waals surface area (Å²) in [5.74, 6) is -0.0576. The van der Waals surface area contributed by atoms with Gasteiger partial charge in [-0.2, -0.15) is 0 Å². The van der Waals surface area contributed by atoms with Crippen LogP contribution in [0.4, 0.5) is 0 Å². The molecule has 1 atom stereocenters. The van der Waals surface area contributed by atoms with E-state index in [2.05, 4.69) is 27.4 Å². The van der Waals surface area contributed by atoms with E-state index in [1.807, 2.05) is 50.2 Å². The number of aromatic nitrogens is 2. The minimum atomic E-state index is -0.0576. The largest absolute Gasteiger partial charge is 0.349 e. The first-order valence-corrected chi connectivity index (χ1v) is 9.19. The molecule has 0 aliphatic rings. The molecule has 3 rings (SSSR count). The van der Waals surface area contributed by atoms with Crippen molar-refractivity contribution in [3.8, 4) is 10.7 Å². The lowest BCUT2D eigenvalue weighted by Gasteiger charge is -2.13. The second-order valence-corrected chi connectivity index (χ2v) is 7.05. The minimum Gasteiger partial charge on any atom is -0.349 e. The van der Waals surface area contributed by atoms with Gasteiger partial charge in [0.2, 0.25) is 0 Å². The van der Waals surface area contributed by atoms with Crippen molar-refractivity contribution < 1.29 is 4.79 Å². The van der Waals surface area contributed by atoms with Crippen LogP contribution in [0.15, 0.2) is 54.7 Å². The summed E-state index contributed by atoms with van der Waals surface area (Å²) in [6.45, 7) is 3.91. The Morgan fingerprint density at radius 3 is 2.64 bits per heavy atom. The van der Waals surface area contributed by atoms with Crippen LogP contribution < -0.4 is 5.32 Å². The molecule has 128 valence electrons. The number of rotatable bonds is 6. The average Bonchev–Trinajstić information content (AvgIpc) is 3.03. The topological polar surface area (TPSA) is 54.9 Å². The normalized spacial score (nSPS) is 11.9. The third kappa shape index (κ3) is 4.51. The fraction of sp³-hybridized carbons (Fsp3) is 0.250. The minimum absolute atomic E-state index is 0.0576. The number of aryl methyl sites for hydroxylation is 2. The van der Waals surface area contributed by atoms with E-state index in [0.29, 0.717) is 4.88 Å². The molecule has 0 aliphatic carbocycles. The zero-order valence-electron chi connectivity index (χ0n) is 14.4. The molecule has 5 heteroatoms. The maximum atomic E-state index is 12.6. The summed E-state index contributed by atoms with van der Waals surface area (Å²) in [5, 5.41) is 3.86. The summed E-state index contributed by atoms with van der Waals surface area (Å²) in [4.78, 5) is 22.0. The molecule has 25 heavy (non-hydrogen) atoms. The van der Waals surface area contributed by atoms with E-state index >= 15 is 0 Å². The molecule has 3 aromatic rings. The maximum absolute atomic E-state index is 12.6. The van der Waals surface area contributed by atoms with Crippen LogP contribution in [0.5, 0.6) is 0 Å². The second-order valence-electron chi connectivity index (χ2n) is 6.05. The van der Waals surface area contributed by atoms with Crippen molar-refractivity contribution in [2.45, 2.75) is 32.7 Å². The quantitative estimate of drug-likeness (QED) is 0.722. The Kier molecular flexibility index (Phi) is 5.56. The van der Waals surface area contributed by atoms with Crippen LogP contribution in [0.1, 0.15) is 34.3 Å². The van der Waals surface area contributed by atoms with Gasteiger partial charge in [0.1, 0.15) is 9.88 Å². The lowest BCUT2D eigenvalue weighted by molar-refractivity contribution is 0.0942. The van der Waals surface area contributed by atoms with E-state index in [4.69, 9.17) is 0 Å². The first-order chi connectivity index (χ1) is 12.1. The molecule has 4 nitrogen and oxygen atoms in total. The number of carbonyl (C=O) groups is 1. The number of amides is 1. The first kappa shape index (κ1) is 17.3. The molecule has 0 saturated carbocycles. The van der Waals surface area contributed by atoms with Gasteiger partial charge in [-0.05, 0) is 44.4 Å². The van der Waals surface area contributed by atoms with Gasteiger partial charge in [0.15, 0.2) is 0 Å². The van der Waals surface area contributed by atoms with Crippen LogP contribution in [-0.2, 0) is 6.42 Å². The van der Waals surface area contributed by atoms with Gasteiger partial charge in [0, 0.05) is 12.2 Å². The molecule has 0 spiro atoms. The molecule has 0 bridgehead atoms. The standard InChI is InChI=1S/C20H21N3OS/c1-14(11-12-16-8-4-3-5-9-16)22-19(24)18-15(2)23-20(25-18)17-10-6-7-13-21-17/h3-10,13-14H,11-12H2,1-2H3,(H,22,24)/t14-/m0/s1. The number of carbonyl (C=O) groups excluding carboxylic acids is 1. The van der Waals surface area contributed by atoms with Crippen LogP contribution in [0.2, 0.25) is 0 Å². The molecule has 0 unspecified atom stereocenters. The van der Waals surface area contributed by atoms with Crippen molar-refractivity contribution in [2.75, 3.05) is 0 Å². The summed E-state index contributed by atoms with van der Waals surface area (Å²) in [6, 6.07) is 16.1. The van der Waals surface area contributed by atoms with Crippen molar-refractivity contribution >= 4 is 17.2 Å². The Balaban J connectivity index is 1.62. The van der Waals surface area contributed by atoms with Gasteiger partial charge in [0.25, 0.3) is 5.91 Å². The summed E-state index contributed by atoms with van der Waals surface area (Å²) >= 11 is 1.39. The number of hydrogen-bond acceptors (Lipinski definition) is 4. The van der Waals surface area contributed by atoms with Crippen LogP contribution in [-0.4, -0.2) is 21.9 Å². The fourth-order valence-corrected chi connectivity index (χ4v) is 3.54. The Bertz CT molecular complexity index is 831. The van der Waals surface area contributed by atoms with Crippen molar-refractivity contribution in [1.82, 2.24) is 15.3 Å². The van der Waals surface area contributed by atoms with Gasteiger partial charge >= 0.3 is 0 Å². The summed E-state index contributed by atoms with van der Waals surface area (Å²) in [7, 11) is 0. The molecular formula is C20H21N3OS. The summed E-state index contributed by atoms with van der Waals surface area (Å²) in [6.07, 6.45) is 3.58. The Morgan fingerprint density at radius 2 is 1.92 bits per heavy atom. The van der Waals surface area contributed by atoms with Crippen molar-refractivity contribution in [2.24, 2.45) is 0 Å². The molecule has 1 amide bonds. The third-order valence-corrected chi connectivity index (χ3v) is 5.15. The van der Waals surface area contributed by atoms with Crippen LogP contribution >= 0.6 is 11.3 Å². The lowest BCUT2D eigenvalue weighted by atomic mass is 10.1. The smallest absolute Gasteiger partial charge is 0.263 e. The van der Waals surface area contributed by atoms with E-state index in [9.17, 15) is 4.79 Å². The van der Waals surface area contributed by atoms with Gasteiger partial charge < -0.3 is 5.32 Å². The highest BCUT2D eigenvalue weighted by Gasteiger charge is 2.18. The zero-order valence-corrected chi connectivity index (χ0v) is 15.2. The predicted octanol–water partition coefficient (Wildman–Crippen LogP) is 4.26. The monoisotopic (exact) mass is 351 g/mol. The molecule has 1 aromatic carbocycles. The summed E-state index contributed by atoms with van der Waals surface area (Å²) in [5.41, 5.74) is 2.83. The zero-order chi connectivity index (χ0) is 17.6. The Labute approximate surface area is 152 Å². The number of benzene rings is 1. The highest BCUT2D eigenvalue weighted by atomic mass is 32.1. The number of hydrogen-bond donors (Lipinski definition) is 1. The van der Waals surface area contributed by atoms with Gasteiger partial charge in [-0.1, -0.05) is 36.4 Å². The average molecular weight is 351 g/mol. The number of thiazole rings is 1. The summed E-state index contributed by atoms with van der Waals surface area (Å²) < 4.78 is 0. The van der Waals surface area contributed by atoms with Crippen molar-refractivity contribution in [1.29, 1.82) is 0 Å². The Hall–Kier alpha value is -2.53. The van der Waals surface area contributed by atoms with Crippen molar-refractivity contribution in [3.05, 3.63) is 70.9 Å². The lowest BCUT2D eigenvalue weighted by Crippen LogP contribution is -2.32. The van der Waals surface area contributed by atoms with E-state index in [1.54, 1.807) is 6.20 Å². The molecular weight excluding hydrogens is 330 g/mol. The maximum Gasteiger partial charge on any atom is 0.263 e. The molecule has 1 N–H and O–H groups in total. The highest BCUT2D eigenvalue weighted by molar-refractivity contribution is 7.17. The molecule has 0 radical (unpaired) electrons. The predicted molar refractivity (Wildman–Crippen MR) is 102 cm³/mol. The first-order valence-electron chi connectivity index (χ1n) is 8.37. The van der Waals surface area contributed by atoms with E-state index in [0.717, 1.165) is 29.2 Å². The van der Waals surface area contributed by atoms with Gasteiger partial charge in [0.05, 0.1) is 11.4 Å². The van der Waals surface area contributed by atoms with Crippen LogP contribution in [0, 0.1) is 6.92 Å². The van der Waals surface area contributed by atoms with Gasteiger partial charge in [-0.25, -0.2) is 4.98 Å². The third-order valence-electron chi connectivity index (χ3n) is 3.97. The molecule has 2 heterocycles. The number of nitrogens with zero attached hydrogens (tertiary/aromatic N) is 2. The van der Waals surface area contributed by atoms with Crippen LogP contribution in [0.25, 0.3) is 10.7 Å². The van der Waals surface area contributed by atoms with Gasteiger partial charge in [-0.3, -0.25) is 9.78 Å². The molecule has 0 fully saturated rings. The van der Waals surface area contributed by atoms with Gasteiger partial charge in [-0.15, -0.1) is 11.3 Å². The molecule has 2 aromatic heterocycles. The van der Waals surface area contributed by atoms with Crippen molar-refractivity contribution in [3.63, 3.8) is 0 Å².